The lowest BCUT2D eigenvalue weighted by atomic mass is 9.98. The number of nitrogens with one attached hydrogen (secondary N) is 1. The van der Waals surface area contributed by atoms with Gasteiger partial charge in [-0.05, 0) is 31.5 Å². The zero-order valence-electron chi connectivity index (χ0n) is 10.9. The molecule has 19 heavy (non-hydrogen) atoms. The first-order chi connectivity index (χ1) is 8.84. The molecule has 1 rings (SSSR count). The van der Waals surface area contributed by atoms with E-state index in [-0.39, 0.29) is 10.6 Å². The van der Waals surface area contributed by atoms with Crippen LogP contribution in [0.5, 0.6) is 0 Å². The Hall–Kier alpha value is -1.62. The van der Waals surface area contributed by atoms with Gasteiger partial charge in [0, 0.05) is 5.02 Å². The largest absolute Gasteiger partial charge is 0.467 e. The Labute approximate surface area is 115 Å². The van der Waals surface area contributed by atoms with Crippen molar-refractivity contribution in [2.45, 2.75) is 25.8 Å². The first kappa shape index (κ1) is 15.4. The molecule has 1 atom stereocenters. The highest BCUT2D eigenvalue weighted by molar-refractivity contribution is 6.31. The number of ether oxygens (including phenoxy) is 1. The van der Waals surface area contributed by atoms with Gasteiger partial charge in [-0.2, -0.15) is 0 Å². The summed E-state index contributed by atoms with van der Waals surface area (Å²) in [6, 6.07) is 3.64. The van der Waals surface area contributed by atoms with Crippen LogP contribution in [-0.2, 0) is 9.53 Å². The molecule has 0 fully saturated rings. The van der Waals surface area contributed by atoms with Crippen LogP contribution in [-0.4, -0.2) is 24.5 Å². The van der Waals surface area contributed by atoms with Crippen molar-refractivity contribution in [2.24, 2.45) is 0 Å². The highest BCUT2D eigenvalue weighted by Gasteiger charge is 2.34. The van der Waals surface area contributed by atoms with Gasteiger partial charge < -0.3 is 10.1 Å². The van der Waals surface area contributed by atoms with Gasteiger partial charge in [-0.25, -0.2) is 9.18 Å². The van der Waals surface area contributed by atoms with E-state index in [0.29, 0.717) is 6.42 Å². The molecule has 0 heterocycles. The van der Waals surface area contributed by atoms with E-state index >= 15 is 0 Å². The van der Waals surface area contributed by atoms with E-state index in [2.05, 4.69) is 10.1 Å². The van der Waals surface area contributed by atoms with Gasteiger partial charge >= 0.3 is 5.97 Å². The van der Waals surface area contributed by atoms with Crippen LogP contribution in [0.25, 0.3) is 0 Å². The van der Waals surface area contributed by atoms with Crippen LogP contribution in [0.1, 0.15) is 30.6 Å². The molecule has 1 aromatic rings. The first-order valence-electron chi connectivity index (χ1n) is 5.70. The molecule has 0 spiro atoms. The summed E-state index contributed by atoms with van der Waals surface area (Å²) in [7, 11) is 1.22. The van der Waals surface area contributed by atoms with Gasteiger partial charge in [0.25, 0.3) is 5.91 Å². The minimum atomic E-state index is -1.21. The second-order valence-corrected chi connectivity index (χ2v) is 4.69. The second kappa shape index (κ2) is 6.02. The van der Waals surface area contributed by atoms with Gasteiger partial charge in [0.1, 0.15) is 11.4 Å². The molecule has 0 bridgehead atoms. The summed E-state index contributed by atoms with van der Waals surface area (Å²) >= 11 is 5.72. The molecule has 0 aliphatic carbocycles. The summed E-state index contributed by atoms with van der Waals surface area (Å²) in [5, 5.41) is 2.70. The van der Waals surface area contributed by atoms with E-state index in [1.807, 2.05) is 0 Å². The summed E-state index contributed by atoms with van der Waals surface area (Å²) in [5.41, 5.74) is -1.42. The molecule has 1 amide bonds. The van der Waals surface area contributed by atoms with Crippen LogP contribution < -0.4 is 5.32 Å². The Morgan fingerprint density at radius 1 is 1.47 bits per heavy atom. The Bertz CT molecular complexity index is 507. The Morgan fingerprint density at radius 2 is 2.11 bits per heavy atom. The topological polar surface area (TPSA) is 55.4 Å². The Balaban J connectivity index is 3.01. The summed E-state index contributed by atoms with van der Waals surface area (Å²) in [6.07, 6.45) is 0.313. The van der Waals surface area contributed by atoms with Crippen molar-refractivity contribution in [3.8, 4) is 0 Å². The minimum absolute atomic E-state index is 0.212. The standard InChI is InChI=1S/C13H15ClFNO3/c1-4-13(2,12(18)19-3)16-11(17)9-7-8(14)5-6-10(9)15/h5-7H,4H2,1-3H3,(H,16,17)/t13-/m0/s1. The highest BCUT2D eigenvalue weighted by Crippen LogP contribution is 2.17. The van der Waals surface area contributed by atoms with E-state index in [9.17, 15) is 14.0 Å². The van der Waals surface area contributed by atoms with E-state index in [1.54, 1.807) is 6.92 Å². The van der Waals surface area contributed by atoms with E-state index in [4.69, 9.17) is 11.6 Å². The molecule has 104 valence electrons. The first-order valence-corrected chi connectivity index (χ1v) is 6.08. The molecule has 0 aromatic heterocycles. The lowest BCUT2D eigenvalue weighted by Crippen LogP contribution is -2.52. The number of methoxy groups -OCH3 is 1. The average molecular weight is 288 g/mol. The van der Waals surface area contributed by atoms with Gasteiger partial charge in [0.15, 0.2) is 0 Å². The summed E-state index contributed by atoms with van der Waals surface area (Å²) in [6.45, 7) is 3.23. The second-order valence-electron chi connectivity index (χ2n) is 4.26. The van der Waals surface area contributed by atoms with Crippen LogP contribution in [0, 0.1) is 5.82 Å². The fraction of sp³-hybridized carbons (Fsp3) is 0.385. The molecule has 0 aliphatic rings. The van der Waals surface area contributed by atoms with Crippen molar-refractivity contribution >= 4 is 23.5 Å². The lowest BCUT2D eigenvalue weighted by molar-refractivity contribution is -0.147. The number of hydrogen-bond acceptors (Lipinski definition) is 3. The monoisotopic (exact) mass is 287 g/mol. The van der Waals surface area contributed by atoms with E-state index in [0.717, 1.165) is 6.07 Å². The smallest absolute Gasteiger partial charge is 0.331 e. The van der Waals surface area contributed by atoms with Crippen LogP contribution in [0.3, 0.4) is 0 Å². The van der Waals surface area contributed by atoms with Crippen molar-refractivity contribution in [3.05, 3.63) is 34.6 Å². The quantitative estimate of drug-likeness (QED) is 0.866. The molecule has 0 saturated carbocycles. The maximum Gasteiger partial charge on any atom is 0.331 e. The van der Waals surface area contributed by atoms with Crippen molar-refractivity contribution in [2.75, 3.05) is 7.11 Å². The Kier molecular flexibility index (Phi) is 4.89. The summed E-state index contributed by atoms with van der Waals surface area (Å²) in [4.78, 5) is 23.6. The normalized spacial score (nSPS) is 13.5. The zero-order valence-corrected chi connectivity index (χ0v) is 11.7. The predicted molar refractivity (Wildman–Crippen MR) is 69.6 cm³/mol. The van der Waals surface area contributed by atoms with Crippen molar-refractivity contribution in [3.63, 3.8) is 0 Å². The molecule has 0 saturated heterocycles. The molecule has 0 aliphatic heterocycles. The number of halogens is 2. The molecular weight excluding hydrogens is 273 g/mol. The number of rotatable bonds is 4. The van der Waals surface area contributed by atoms with Gasteiger partial charge in [0.2, 0.25) is 0 Å². The van der Waals surface area contributed by atoms with Gasteiger partial charge in [-0.3, -0.25) is 4.79 Å². The van der Waals surface area contributed by atoms with Crippen molar-refractivity contribution < 1.29 is 18.7 Å². The third-order valence-corrected chi connectivity index (χ3v) is 3.14. The summed E-state index contributed by atoms with van der Waals surface area (Å²) < 4.78 is 18.2. The zero-order chi connectivity index (χ0) is 14.6. The van der Waals surface area contributed by atoms with Gasteiger partial charge in [-0.15, -0.1) is 0 Å². The highest BCUT2D eigenvalue weighted by atomic mass is 35.5. The van der Waals surface area contributed by atoms with Gasteiger partial charge in [0.05, 0.1) is 12.7 Å². The molecular formula is C13H15ClFNO3. The summed E-state index contributed by atoms with van der Waals surface area (Å²) in [5.74, 6) is -2.01. The molecule has 0 unspecified atom stereocenters. The van der Waals surface area contributed by atoms with Crippen LogP contribution in [0.15, 0.2) is 18.2 Å². The number of carbonyl (C=O) groups is 2. The van der Waals surface area contributed by atoms with E-state index in [1.165, 1.54) is 26.2 Å². The number of esters is 1. The van der Waals surface area contributed by atoms with E-state index < -0.39 is 23.2 Å². The number of benzene rings is 1. The van der Waals surface area contributed by atoms with Crippen molar-refractivity contribution in [1.82, 2.24) is 5.32 Å². The molecule has 1 aromatic carbocycles. The van der Waals surface area contributed by atoms with Crippen LogP contribution in [0.4, 0.5) is 4.39 Å². The number of amides is 1. The molecule has 0 radical (unpaired) electrons. The van der Waals surface area contributed by atoms with Gasteiger partial charge in [-0.1, -0.05) is 18.5 Å². The third-order valence-electron chi connectivity index (χ3n) is 2.91. The fourth-order valence-electron chi connectivity index (χ4n) is 1.50. The van der Waals surface area contributed by atoms with Crippen LogP contribution >= 0.6 is 11.6 Å². The van der Waals surface area contributed by atoms with Crippen molar-refractivity contribution in [1.29, 1.82) is 0 Å². The molecule has 6 heteroatoms. The lowest BCUT2D eigenvalue weighted by Gasteiger charge is -2.26. The maximum absolute atomic E-state index is 13.5. The average Bonchev–Trinajstić information content (AvgIpc) is 2.40. The SMILES string of the molecule is CC[C@](C)(NC(=O)c1cc(Cl)ccc1F)C(=O)OC. The minimum Gasteiger partial charge on any atom is -0.467 e. The molecule has 4 nitrogen and oxygen atoms in total. The maximum atomic E-state index is 13.5. The molecule has 1 N–H and O–H groups in total. The Morgan fingerprint density at radius 3 is 2.63 bits per heavy atom. The fourth-order valence-corrected chi connectivity index (χ4v) is 1.67. The van der Waals surface area contributed by atoms with Crippen LogP contribution in [0.2, 0.25) is 5.02 Å². The number of carbonyl (C=O) groups excluding carboxylic acids is 2. The predicted octanol–water partition coefficient (Wildman–Crippen LogP) is 2.55. The number of hydrogen-bond donors (Lipinski definition) is 1. The third kappa shape index (κ3) is 3.44.